The second-order valence-electron chi connectivity index (χ2n) is 2.49. The van der Waals surface area contributed by atoms with Crippen molar-refractivity contribution in [3.05, 3.63) is 24.3 Å². The Morgan fingerprint density at radius 1 is 1.00 bits per heavy atom. The van der Waals surface area contributed by atoms with Gasteiger partial charge in [-0.3, -0.25) is 0 Å². The van der Waals surface area contributed by atoms with Gasteiger partial charge in [0.15, 0.2) is 0 Å². The average Bonchev–Trinajstić information content (AvgIpc) is 2.10. The van der Waals surface area contributed by atoms with E-state index in [1.807, 2.05) is 6.92 Å². The van der Waals surface area contributed by atoms with Gasteiger partial charge in [0.1, 0.15) is 0 Å². The molecule has 0 rings (SSSR count). The van der Waals surface area contributed by atoms with E-state index in [0.717, 1.165) is 25.7 Å². The van der Waals surface area contributed by atoms with Crippen LogP contribution in [0.2, 0.25) is 0 Å². The van der Waals surface area contributed by atoms with E-state index in [2.05, 4.69) is 29.5 Å². The fraction of sp³-hybridized carbons (Fsp3) is 0.500. The average molecular weight is 167 g/mol. The van der Waals surface area contributed by atoms with Gasteiger partial charge in [-0.2, -0.15) is 0 Å². The van der Waals surface area contributed by atoms with Crippen LogP contribution in [-0.4, -0.2) is 11.4 Å². The molecule has 0 atom stereocenters. The lowest BCUT2D eigenvalue weighted by atomic mass is 10.2. The van der Waals surface area contributed by atoms with Gasteiger partial charge in [-0.05, 0) is 32.6 Å². The molecule has 2 heteroatoms. The lowest BCUT2D eigenvalue weighted by Crippen LogP contribution is -1.72. The van der Waals surface area contributed by atoms with Gasteiger partial charge in [0.2, 0.25) is 0 Å². The third kappa shape index (κ3) is 8.95. The predicted molar refractivity (Wildman–Crippen MR) is 52.7 cm³/mol. The lowest BCUT2D eigenvalue weighted by molar-refractivity contribution is 0.320. The third-order valence-electron chi connectivity index (χ3n) is 1.45. The summed E-state index contributed by atoms with van der Waals surface area (Å²) in [6.07, 6.45) is 14.0. The van der Waals surface area contributed by atoms with Crippen molar-refractivity contribution < 1.29 is 5.21 Å². The van der Waals surface area contributed by atoms with Crippen LogP contribution in [0.25, 0.3) is 0 Å². The smallest absolute Gasteiger partial charge is 0.0439 e. The van der Waals surface area contributed by atoms with E-state index in [1.54, 1.807) is 0 Å². The highest BCUT2D eigenvalue weighted by Crippen LogP contribution is 1.95. The largest absolute Gasteiger partial charge is 0.411 e. The van der Waals surface area contributed by atoms with Crippen molar-refractivity contribution in [1.29, 1.82) is 0 Å². The maximum atomic E-state index is 8.08. The van der Waals surface area contributed by atoms with E-state index in [1.165, 1.54) is 6.21 Å². The molecule has 1 N–H and O–H groups in total. The summed E-state index contributed by atoms with van der Waals surface area (Å²) < 4.78 is 0. The first-order valence-electron chi connectivity index (χ1n) is 4.34. The Balaban J connectivity index is 3.14. The Hall–Kier alpha value is -1.05. The lowest BCUT2D eigenvalue weighted by Gasteiger charge is -1.86. The van der Waals surface area contributed by atoms with Crippen LogP contribution in [0.15, 0.2) is 29.5 Å². The van der Waals surface area contributed by atoms with Crippen molar-refractivity contribution in [3.63, 3.8) is 0 Å². The minimum absolute atomic E-state index is 0.816. The van der Waals surface area contributed by atoms with Crippen molar-refractivity contribution in [2.24, 2.45) is 5.16 Å². The second-order valence-corrected chi connectivity index (χ2v) is 2.49. The highest BCUT2D eigenvalue weighted by atomic mass is 16.4. The van der Waals surface area contributed by atoms with Gasteiger partial charge in [0.25, 0.3) is 0 Å². The van der Waals surface area contributed by atoms with Crippen LogP contribution >= 0.6 is 0 Å². The van der Waals surface area contributed by atoms with E-state index < -0.39 is 0 Å². The summed E-state index contributed by atoms with van der Waals surface area (Å²) in [6.45, 7) is 2.03. The van der Waals surface area contributed by atoms with Gasteiger partial charge in [-0.15, -0.1) is 5.16 Å². The van der Waals surface area contributed by atoms with Gasteiger partial charge >= 0.3 is 0 Å². The summed E-state index contributed by atoms with van der Waals surface area (Å²) in [5, 5.41) is 11.0. The van der Waals surface area contributed by atoms with Crippen LogP contribution in [0.3, 0.4) is 0 Å². The predicted octanol–water partition coefficient (Wildman–Crippen LogP) is 3.14. The van der Waals surface area contributed by atoms with Crippen LogP contribution < -0.4 is 0 Å². The molecule has 0 aromatic heterocycles. The van der Waals surface area contributed by atoms with Crippen molar-refractivity contribution in [2.75, 3.05) is 0 Å². The van der Waals surface area contributed by atoms with Crippen LogP contribution in [0.4, 0.5) is 0 Å². The van der Waals surface area contributed by atoms with Crippen molar-refractivity contribution >= 4 is 6.21 Å². The molecule has 12 heavy (non-hydrogen) atoms. The second kappa shape index (κ2) is 9.95. The van der Waals surface area contributed by atoms with Crippen molar-refractivity contribution in [1.82, 2.24) is 0 Å². The van der Waals surface area contributed by atoms with Gasteiger partial charge < -0.3 is 5.21 Å². The first kappa shape index (κ1) is 11.0. The number of oxime groups is 1. The molecular weight excluding hydrogens is 150 g/mol. The molecule has 0 aliphatic rings. The molecule has 0 aromatic carbocycles. The summed E-state index contributed by atoms with van der Waals surface area (Å²) in [5.74, 6) is 0. The first-order chi connectivity index (χ1) is 5.91. The molecule has 0 saturated heterocycles. The summed E-state index contributed by atoms with van der Waals surface area (Å²) in [5.41, 5.74) is 0. The zero-order valence-corrected chi connectivity index (χ0v) is 7.61. The summed E-state index contributed by atoms with van der Waals surface area (Å²) in [7, 11) is 0. The Kier molecular flexibility index (Phi) is 9.08. The SMILES string of the molecule is CC=CCCC=CCCC=NO. The Morgan fingerprint density at radius 2 is 1.58 bits per heavy atom. The minimum Gasteiger partial charge on any atom is -0.411 e. The van der Waals surface area contributed by atoms with E-state index >= 15 is 0 Å². The zero-order valence-electron chi connectivity index (χ0n) is 7.61. The van der Waals surface area contributed by atoms with Crippen LogP contribution in [0.5, 0.6) is 0 Å². The molecule has 0 radical (unpaired) electrons. The molecule has 0 amide bonds. The quantitative estimate of drug-likeness (QED) is 0.213. The summed E-state index contributed by atoms with van der Waals surface area (Å²) >= 11 is 0. The fourth-order valence-electron chi connectivity index (χ4n) is 0.823. The molecule has 0 fully saturated rings. The van der Waals surface area contributed by atoms with Crippen molar-refractivity contribution in [3.8, 4) is 0 Å². The molecule has 68 valence electrons. The number of allylic oxidation sites excluding steroid dienone is 4. The Bertz CT molecular complexity index is 141. The maximum absolute atomic E-state index is 8.08. The number of nitrogens with zero attached hydrogens (tertiary/aromatic N) is 1. The molecule has 2 nitrogen and oxygen atoms in total. The zero-order chi connectivity index (χ0) is 9.07. The Labute approximate surface area is 74.3 Å². The molecule has 0 bridgehead atoms. The summed E-state index contributed by atoms with van der Waals surface area (Å²) in [6, 6.07) is 0. The van der Waals surface area contributed by atoms with E-state index in [4.69, 9.17) is 5.21 Å². The van der Waals surface area contributed by atoms with Gasteiger partial charge in [-0.25, -0.2) is 0 Å². The number of hydrogen-bond acceptors (Lipinski definition) is 2. The molecule has 0 aliphatic carbocycles. The molecular formula is C10H17NO. The highest BCUT2D eigenvalue weighted by molar-refractivity contribution is 5.56. The molecule has 0 aromatic rings. The number of hydrogen-bond donors (Lipinski definition) is 1. The van der Waals surface area contributed by atoms with Crippen LogP contribution in [-0.2, 0) is 0 Å². The molecule has 0 aliphatic heterocycles. The van der Waals surface area contributed by atoms with Gasteiger partial charge in [0, 0.05) is 6.21 Å². The van der Waals surface area contributed by atoms with Crippen LogP contribution in [0.1, 0.15) is 32.6 Å². The molecule has 0 heterocycles. The third-order valence-corrected chi connectivity index (χ3v) is 1.45. The fourth-order valence-corrected chi connectivity index (χ4v) is 0.823. The Morgan fingerprint density at radius 3 is 2.17 bits per heavy atom. The molecule has 0 unspecified atom stereocenters. The topological polar surface area (TPSA) is 32.6 Å². The summed E-state index contributed by atoms with van der Waals surface area (Å²) in [4.78, 5) is 0. The monoisotopic (exact) mass is 167 g/mol. The van der Waals surface area contributed by atoms with Crippen LogP contribution in [0, 0.1) is 0 Å². The number of rotatable bonds is 6. The molecule has 0 saturated carbocycles. The van der Waals surface area contributed by atoms with Gasteiger partial charge in [-0.1, -0.05) is 24.3 Å². The minimum atomic E-state index is 0.816. The van der Waals surface area contributed by atoms with E-state index in [9.17, 15) is 0 Å². The van der Waals surface area contributed by atoms with E-state index in [0.29, 0.717) is 0 Å². The maximum Gasteiger partial charge on any atom is 0.0439 e. The highest BCUT2D eigenvalue weighted by Gasteiger charge is 1.77. The normalized spacial score (nSPS) is 12.4. The first-order valence-corrected chi connectivity index (χ1v) is 4.34. The van der Waals surface area contributed by atoms with E-state index in [-0.39, 0.29) is 0 Å². The standard InChI is InChI=1S/C10H17NO/c1-2-3-4-5-6-7-8-9-10-11-12/h2-3,6-7,10,12H,4-5,8-9H2,1H3. The number of unbranched alkanes of at least 4 members (excludes halogenated alkanes) is 2. The molecule has 0 spiro atoms. The van der Waals surface area contributed by atoms with Gasteiger partial charge in [0.05, 0.1) is 0 Å². The van der Waals surface area contributed by atoms with Crippen molar-refractivity contribution in [2.45, 2.75) is 32.6 Å².